The monoisotopic (exact) mass is 475 g/mol. The third-order valence-corrected chi connectivity index (χ3v) is 6.67. The summed E-state index contributed by atoms with van der Waals surface area (Å²) in [5.74, 6) is 0.470. The number of carbonyl (C=O) groups is 1. The lowest BCUT2D eigenvalue weighted by Gasteiger charge is -2.38. The number of rotatable bonds is 7. The molecule has 1 N–H and O–H groups in total. The molecule has 2 aromatic heterocycles. The molecule has 1 aromatic carbocycles. The number of anilines is 1. The maximum absolute atomic E-state index is 12.2. The number of hydrogen-bond donors (Lipinski definition) is 1. The van der Waals surface area contributed by atoms with Gasteiger partial charge < -0.3 is 10.2 Å². The molecule has 3 aromatic rings. The van der Waals surface area contributed by atoms with E-state index in [0.717, 1.165) is 37.1 Å². The average molecular weight is 476 g/mol. The fraction of sp³-hybridized carbons (Fsp3) is 0.423. The van der Waals surface area contributed by atoms with Gasteiger partial charge in [0.15, 0.2) is 5.65 Å². The van der Waals surface area contributed by atoms with E-state index in [0.29, 0.717) is 11.6 Å². The van der Waals surface area contributed by atoms with Crippen LogP contribution in [0, 0.1) is 0 Å². The number of benzene rings is 1. The standard InChI is InChI=1S/C26H33N7O2/c1-6-23(34)32-13-11-31(12-14-32)19(5)21-9-7-20(8-10-21)18(4)29-25-27-15-22-16-28-26(35)33(17(2)3)24(22)30-25/h6-10,15-19H,1,11-14H2,2-5H3,(H,27,29,30)/t18-,19?/m0/s1. The SMILES string of the molecule is C=CC(=O)N1CCN(C(C)c2ccc([C@H](C)Nc3ncc4cnc(=O)n(C(C)C)c4n3)cc2)CC1. The summed E-state index contributed by atoms with van der Waals surface area (Å²) in [6.45, 7) is 14.8. The van der Waals surface area contributed by atoms with Gasteiger partial charge in [-0.1, -0.05) is 30.8 Å². The van der Waals surface area contributed by atoms with E-state index in [4.69, 9.17) is 0 Å². The molecule has 9 heteroatoms. The predicted molar refractivity (Wildman–Crippen MR) is 137 cm³/mol. The Balaban J connectivity index is 1.44. The van der Waals surface area contributed by atoms with Crippen molar-refractivity contribution in [2.24, 2.45) is 0 Å². The quantitative estimate of drug-likeness (QED) is 0.524. The molecule has 35 heavy (non-hydrogen) atoms. The normalized spacial score (nSPS) is 16.3. The average Bonchev–Trinajstić information content (AvgIpc) is 2.87. The lowest BCUT2D eigenvalue weighted by atomic mass is 10.0. The molecule has 1 aliphatic rings. The first-order valence-corrected chi connectivity index (χ1v) is 12.0. The molecule has 0 radical (unpaired) electrons. The highest BCUT2D eigenvalue weighted by Gasteiger charge is 2.23. The van der Waals surface area contributed by atoms with Gasteiger partial charge in [-0.2, -0.15) is 4.98 Å². The summed E-state index contributed by atoms with van der Waals surface area (Å²) in [5, 5.41) is 4.08. The Hall–Kier alpha value is -3.59. The maximum atomic E-state index is 12.2. The summed E-state index contributed by atoms with van der Waals surface area (Å²) in [7, 11) is 0. The lowest BCUT2D eigenvalue weighted by molar-refractivity contribution is -0.128. The molecule has 0 saturated carbocycles. The maximum Gasteiger partial charge on any atom is 0.349 e. The van der Waals surface area contributed by atoms with E-state index in [2.05, 4.69) is 69.9 Å². The van der Waals surface area contributed by atoms with Crippen LogP contribution >= 0.6 is 0 Å². The zero-order chi connectivity index (χ0) is 25.1. The molecule has 3 heterocycles. The van der Waals surface area contributed by atoms with Crippen molar-refractivity contribution in [3.05, 3.63) is 70.9 Å². The minimum Gasteiger partial charge on any atom is -0.348 e. The van der Waals surface area contributed by atoms with E-state index in [-0.39, 0.29) is 29.7 Å². The van der Waals surface area contributed by atoms with Crippen molar-refractivity contribution in [2.75, 3.05) is 31.5 Å². The van der Waals surface area contributed by atoms with Crippen molar-refractivity contribution >= 4 is 22.9 Å². The highest BCUT2D eigenvalue weighted by molar-refractivity contribution is 5.87. The number of fused-ring (bicyclic) bond motifs is 1. The molecule has 0 bridgehead atoms. The van der Waals surface area contributed by atoms with Gasteiger partial charge in [0.1, 0.15) is 0 Å². The van der Waals surface area contributed by atoms with Crippen LogP contribution in [0.15, 0.2) is 54.1 Å². The Bertz CT molecular complexity index is 1260. The third kappa shape index (κ3) is 5.24. The van der Waals surface area contributed by atoms with Crippen molar-refractivity contribution in [3.63, 3.8) is 0 Å². The first kappa shape index (κ1) is 24.5. The van der Waals surface area contributed by atoms with Gasteiger partial charge in [0, 0.05) is 50.7 Å². The molecule has 1 fully saturated rings. The largest absolute Gasteiger partial charge is 0.349 e. The summed E-state index contributed by atoms with van der Waals surface area (Å²) in [4.78, 5) is 41.3. The molecule has 1 aliphatic heterocycles. The van der Waals surface area contributed by atoms with Crippen LogP contribution in [0.2, 0.25) is 0 Å². The Kier molecular flexibility index (Phi) is 7.25. The highest BCUT2D eigenvalue weighted by Crippen LogP contribution is 2.25. The molecule has 1 amide bonds. The fourth-order valence-electron chi connectivity index (χ4n) is 4.49. The van der Waals surface area contributed by atoms with E-state index in [9.17, 15) is 9.59 Å². The van der Waals surface area contributed by atoms with Gasteiger partial charge in [-0.25, -0.2) is 14.8 Å². The first-order valence-electron chi connectivity index (χ1n) is 12.0. The Morgan fingerprint density at radius 1 is 1.00 bits per heavy atom. The van der Waals surface area contributed by atoms with Gasteiger partial charge in [-0.3, -0.25) is 14.3 Å². The van der Waals surface area contributed by atoms with E-state index in [1.54, 1.807) is 10.8 Å². The summed E-state index contributed by atoms with van der Waals surface area (Å²) in [6.07, 6.45) is 4.59. The molecule has 0 aliphatic carbocycles. The number of nitrogens with zero attached hydrogens (tertiary/aromatic N) is 6. The van der Waals surface area contributed by atoms with Gasteiger partial charge in [-0.15, -0.1) is 0 Å². The zero-order valence-electron chi connectivity index (χ0n) is 20.8. The van der Waals surface area contributed by atoms with Crippen molar-refractivity contribution in [2.45, 2.75) is 45.8 Å². The van der Waals surface area contributed by atoms with Crippen LogP contribution in [0.25, 0.3) is 11.0 Å². The van der Waals surface area contributed by atoms with Crippen molar-refractivity contribution in [1.82, 2.24) is 29.3 Å². The smallest absolute Gasteiger partial charge is 0.348 e. The van der Waals surface area contributed by atoms with Crippen LogP contribution in [0.3, 0.4) is 0 Å². The second-order valence-corrected chi connectivity index (χ2v) is 9.25. The van der Waals surface area contributed by atoms with Crippen LogP contribution in [-0.2, 0) is 4.79 Å². The number of amides is 1. The Labute approximate surface area is 205 Å². The number of piperazine rings is 1. The second kappa shape index (κ2) is 10.4. The molecular formula is C26H33N7O2. The van der Waals surface area contributed by atoms with Gasteiger partial charge in [0.05, 0.1) is 11.4 Å². The van der Waals surface area contributed by atoms with Gasteiger partial charge in [-0.05, 0) is 44.9 Å². The number of aromatic nitrogens is 4. The van der Waals surface area contributed by atoms with Crippen molar-refractivity contribution in [1.29, 1.82) is 0 Å². The fourth-order valence-corrected chi connectivity index (χ4v) is 4.49. The first-order chi connectivity index (χ1) is 16.8. The Morgan fingerprint density at radius 3 is 2.26 bits per heavy atom. The second-order valence-electron chi connectivity index (χ2n) is 9.25. The summed E-state index contributed by atoms with van der Waals surface area (Å²) in [5.41, 5.74) is 2.61. The molecule has 9 nitrogen and oxygen atoms in total. The van der Waals surface area contributed by atoms with E-state index < -0.39 is 0 Å². The summed E-state index contributed by atoms with van der Waals surface area (Å²) in [6, 6.07) is 8.74. The minimum absolute atomic E-state index is 0.00250. The van der Waals surface area contributed by atoms with Gasteiger partial charge in [0.25, 0.3) is 0 Å². The minimum atomic E-state index is -0.316. The molecule has 2 atom stereocenters. The molecular weight excluding hydrogens is 442 g/mol. The number of hydrogen-bond acceptors (Lipinski definition) is 7. The highest BCUT2D eigenvalue weighted by atomic mass is 16.2. The zero-order valence-corrected chi connectivity index (χ0v) is 20.8. The topological polar surface area (TPSA) is 96.3 Å². The molecule has 1 saturated heterocycles. The Morgan fingerprint density at radius 2 is 1.63 bits per heavy atom. The van der Waals surface area contributed by atoms with E-state index in [1.807, 2.05) is 18.7 Å². The van der Waals surface area contributed by atoms with Gasteiger partial charge >= 0.3 is 5.69 Å². The van der Waals surface area contributed by atoms with Crippen molar-refractivity contribution in [3.8, 4) is 0 Å². The van der Waals surface area contributed by atoms with Crippen LogP contribution in [-0.4, -0.2) is 61.4 Å². The molecule has 1 unspecified atom stereocenters. The van der Waals surface area contributed by atoms with Gasteiger partial charge in [0.2, 0.25) is 11.9 Å². The summed E-state index contributed by atoms with van der Waals surface area (Å²) >= 11 is 0. The summed E-state index contributed by atoms with van der Waals surface area (Å²) < 4.78 is 1.58. The molecule has 4 rings (SSSR count). The van der Waals surface area contributed by atoms with Crippen LogP contribution in [0.1, 0.15) is 56.9 Å². The van der Waals surface area contributed by atoms with Crippen molar-refractivity contribution < 1.29 is 4.79 Å². The lowest BCUT2D eigenvalue weighted by Crippen LogP contribution is -2.48. The van der Waals surface area contributed by atoms with Crippen LogP contribution in [0.4, 0.5) is 5.95 Å². The number of carbonyl (C=O) groups excluding carboxylic acids is 1. The van der Waals surface area contributed by atoms with Crippen LogP contribution < -0.4 is 11.0 Å². The third-order valence-electron chi connectivity index (χ3n) is 6.67. The number of nitrogens with one attached hydrogen (secondary N) is 1. The molecule has 0 spiro atoms. The van der Waals surface area contributed by atoms with Crippen LogP contribution in [0.5, 0.6) is 0 Å². The predicted octanol–water partition coefficient (Wildman–Crippen LogP) is 3.33. The van der Waals surface area contributed by atoms with E-state index >= 15 is 0 Å². The van der Waals surface area contributed by atoms with E-state index in [1.165, 1.54) is 17.8 Å². The molecule has 184 valence electrons.